The van der Waals surface area contributed by atoms with Gasteiger partial charge in [0.1, 0.15) is 11.5 Å². The maximum absolute atomic E-state index is 13.6. The SMILES string of the molecule is CCCN(CCC)C(=O)C1=Cc2ccc(C(C=NS(=O)(=O)N3CC(CO)C3)=C(N)C(F)(F)F)cc2N=C(N)C1. The first-order valence-corrected chi connectivity index (χ1v) is 13.9. The third-order valence-corrected chi connectivity index (χ3v) is 7.60. The predicted molar refractivity (Wildman–Crippen MR) is 144 cm³/mol. The second kappa shape index (κ2) is 12.3. The van der Waals surface area contributed by atoms with Crippen molar-refractivity contribution in [3.63, 3.8) is 0 Å². The highest BCUT2D eigenvalue weighted by molar-refractivity contribution is 7.88. The summed E-state index contributed by atoms with van der Waals surface area (Å²) < 4.78 is 70.2. The van der Waals surface area contributed by atoms with Crippen LogP contribution in [0.15, 0.2) is 38.9 Å². The van der Waals surface area contributed by atoms with Gasteiger partial charge < -0.3 is 21.5 Å². The molecule has 0 aromatic heterocycles. The van der Waals surface area contributed by atoms with E-state index in [1.54, 1.807) is 11.0 Å². The fourth-order valence-electron chi connectivity index (χ4n) is 4.22. The minimum Gasteiger partial charge on any atom is -0.396 e. The number of hydrogen-bond acceptors (Lipinski definition) is 7. The number of carbonyl (C=O) groups excluding carboxylic acids is 1. The van der Waals surface area contributed by atoms with Crippen molar-refractivity contribution < 1.29 is 31.5 Å². The molecule has 0 spiro atoms. The minimum absolute atomic E-state index is 0.0120. The molecule has 0 saturated carbocycles. The maximum atomic E-state index is 13.6. The number of hydrogen-bond donors (Lipinski definition) is 3. The van der Waals surface area contributed by atoms with Crippen LogP contribution < -0.4 is 11.5 Å². The van der Waals surface area contributed by atoms with E-state index in [2.05, 4.69) is 9.39 Å². The zero-order chi connectivity index (χ0) is 29.0. The fraction of sp³-hybridized carbons (Fsp3) is 0.480. The normalized spacial score (nSPS) is 17.6. The average Bonchev–Trinajstić information content (AvgIpc) is 2.99. The molecule has 0 radical (unpaired) electrons. The monoisotopic (exact) mass is 570 g/mol. The number of halogens is 3. The summed E-state index contributed by atoms with van der Waals surface area (Å²) in [5.74, 6) is -0.346. The van der Waals surface area contributed by atoms with E-state index in [-0.39, 0.29) is 55.0 Å². The van der Waals surface area contributed by atoms with Crippen LogP contribution in [-0.4, -0.2) is 79.6 Å². The lowest BCUT2D eigenvalue weighted by molar-refractivity contribution is -0.127. The van der Waals surface area contributed by atoms with E-state index in [4.69, 9.17) is 16.6 Å². The van der Waals surface area contributed by atoms with Crippen LogP contribution in [0, 0.1) is 5.92 Å². The molecule has 0 unspecified atom stereocenters. The first kappa shape index (κ1) is 30.3. The highest BCUT2D eigenvalue weighted by Crippen LogP contribution is 2.34. The molecule has 5 N–H and O–H groups in total. The van der Waals surface area contributed by atoms with Gasteiger partial charge in [-0.05, 0) is 30.5 Å². The van der Waals surface area contributed by atoms with Gasteiger partial charge in [0, 0.05) is 61.8 Å². The number of amides is 1. The molecule has 39 heavy (non-hydrogen) atoms. The highest BCUT2D eigenvalue weighted by Gasteiger charge is 2.37. The number of rotatable bonds is 10. The Balaban J connectivity index is 2.02. The van der Waals surface area contributed by atoms with Crippen molar-refractivity contribution in [2.45, 2.75) is 39.3 Å². The van der Waals surface area contributed by atoms with E-state index in [1.807, 2.05) is 13.8 Å². The first-order chi connectivity index (χ1) is 18.3. The van der Waals surface area contributed by atoms with Crippen LogP contribution in [0.4, 0.5) is 18.9 Å². The van der Waals surface area contributed by atoms with Gasteiger partial charge in [-0.25, -0.2) is 4.99 Å². The summed E-state index contributed by atoms with van der Waals surface area (Å²) >= 11 is 0. The molecule has 0 aliphatic carbocycles. The third-order valence-electron chi connectivity index (χ3n) is 6.27. The predicted octanol–water partition coefficient (Wildman–Crippen LogP) is 2.58. The van der Waals surface area contributed by atoms with Crippen LogP contribution in [0.25, 0.3) is 11.6 Å². The summed E-state index contributed by atoms with van der Waals surface area (Å²) in [4.78, 5) is 19.2. The number of carbonyl (C=O) groups is 1. The molecule has 1 amide bonds. The van der Waals surface area contributed by atoms with E-state index >= 15 is 0 Å². The molecule has 14 heteroatoms. The number of aliphatic imine (C=N–C) groups is 1. The summed E-state index contributed by atoms with van der Waals surface area (Å²) in [7, 11) is -4.28. The van der Waals surface area contributed by atoms with E-state index in [9.17, 15) is 26.4 Å². The Hall–Kier alpha value is -3.23. The maximum Gasteiger partial charge on any atom is 0.431 e. The van der Waals surface area contributed by atoms with Crippen molar-refractivity contribution in [2.75, 3.05) is 32.8 Å². The molecule has 1 saturated heterocycles. The average molecular weight is 571 g/mol. The van der Waals surface area contributed by atoms with Gasteiger partial charge in [-0.15, -0.1) is 0 Å². The van der Waals surface area contributed by atoms with Crippen molar-refractivity contribution in [1.29, 1.82) is 0 Å². The van der Waals surface area contributed by atoms with Crippen LogP contribution in [0.2, 0.25) is 0 Å². The molecule has 1 fully saturated rings. The Morgan fingerprint density at radius 3 is 2.46 bits per heavy atom. The fourth-order valence-corrected chi connectivity index (χ4v) is 5.39. The van der Waals surface area contributed by atoms with Gasteiger partial charge in [-0.2, -0.15) is 30.3 Å². The summed E-state index contributed by atoms with van der Waals surface area (Å²) in [6.45, 7) is 4.88. The van der Waals surface area contributed by atoms with Gasteiger partial charge in [0.15, 0.2) is 0 Å². The van der Waals surface area contributed by atoms with E-state index < -0.39 is 27.7 Å². The number of nitrogens with two attached hydrogens (primary N) is 2. The van der Waals surface area contributed by atoms with Gasteiger partial charge in [-0.3, -0.25) is 4.79 Å². The van der Waals surface area contributed by atoms with Gasteiger partial charge in [0.05, 0.1) is 11.9 Å². The van der Waals surface area contributed by atoms with E-state index in [0.29, 0.717) is 30.4 Å². The van der Waals surface area contributed by atoms with Crippen molar-refractivity contribution >= 4 is 45.5 Å². The summed E-state index contributed by atoms with van der Waals surface area (Å²) in [6, 6.07) is 4.08. The molecule has 1 aromatic rings. The number of allylic oxidation sites excluding steroid dienone is 2. The molecular weight excluding hydrogens is 537 g/mol. The van der Waals surface area contributed by atoms with Gasteiger partial charge >= 0.3 is 16.4 Å². The first-order valence-electron chi connectivity index (χ1n) is 12.5. The van der Waals surface area contributed by atoms with Crippen molar-refractivity contribution in [3.8, 4) is 0 Å². The number of alkyl halides is 3. The number of nitrogens with zero attached hydrogens (tertiary/aromatic N) is 4. The molecule has 10 nitrogen and oxygen atoms in total. The Morgan fingerprint density at radius 2 is 1.90 bits per heavy atom. The van der Waals surface area contributed by atoms with E-state index in [1.165, 1.54) is 18.2 Å². The lowest BCUT2D eigenvalue weighted by atomic mass is 10.00. The molecule has 0 bridgehead atoms. The molecule has 1 aromatic carbocycles. The molecule has 2 aliphatic rings. The zero-order valence-electron chi connectivity index (χ0n) is 21.8. The Morgan fingerprint density at radius 1 is 1.26 bits per heavy atom. The number of aliphatic hydroxyl groups excluding tert-OH is 1. The summed E-state index contributed by atoms with van der Waals surface area (Å²) in [5, 5.41) is 9.10. The number of benzene rings is 1. The van der Waals surface area contributed by atoms with Crippen LogP contribution in [-0.2, 0) is 15.0 Å². The van der Waals surface area contributed by atoms with Gasteiger partial charge in [0.25, 0.3) is 0 Å². The Bertz CT molecular complexity index is 1310. The van der Waals surface area contributed by atoms with Gasteiger partial charge in [0.2, 0.25) is 5.91 Å². The summed E-state index contributed by atoms with van der Waals surface area (Å²) in [6.07, 6.45) is -1.19. The van der Waals surface area contributed by atoms with Crippen molar-refractivity contribution in [1.82, 2.24) is 9.21 Å². The quantitative estimate of drug-likeness (QED) is 0.368. The second-order valence-electron chi connectivity index (χ2n) is 9.42. The standard InChI is InChI=1S/C25H33F3N6O4S/c1-3-7-33(8-4-2)24(36)19-9-18-6-5-17(10-21(18)32-22(29)11-19)20(23(30)25(26,27)28)12-31-39(37,38)34-13-16(14-34)15-35/h5-6,9-10,12,16,35H,3-4,7-8,11,13-15,30H2,1-2H3,(H2,29,32). The third kappa shape index (κ3) is 7.25. The largest absolute Gasteiger partial charge is 0.431 e. The van der Waals surface area contributed by atoms with Gasteiger partial charge in [-0.1, -0.05) is 26.0 Å². The van der Waals surface area contributed by atoms with Crippen LogP contribution in [0.3, 0.4) is 0 Å². The number of fused-ring (bicyclic) bond motifs is 1. The molecule has 0 atom stereocenters. The van der Waals surface area contributed by atoms with Crippen molar-refractivity contribution in [3.05, 3.63) is 40.6 Å². The molecular formula is C25H33F3N6O4S. The lowest BCUT2D eigenvalue weighted by Gasteiger charge is -2.35. The highest BCUT2D eigenvalue weighted by atomic mass is 32.2. The molecule has 214 valence electrons. The second-order valence-corrected chi connectivity index (χ2v) is 11.0. The summed E-state index contributed by atoms with van der Waals surface area (Å²) in [5.41, 5.74) is 10.2. The molecule has 2 heterocycles. The van der Waals surface area contributed by atoms with Crippen molar-refractivity contribution in [2.24, 2.45) is 26.8 Å². The Kier molecular flexibility index (Phi) is 9.56. The van der Waals surface area contributed by atoms with E-state index in [0.717, 1.165) is 17.1 Å². The Labute approximate surface area is 225 Å². The van der Waals surface area contributed by atoms with Crippen LogP contribution >= 0.6 is 0 Å². The topological polar surface area (TPSA) is 155 Å². The molecule has 2 aliphatic heterocycles. The minimum atomic E-state index is -4.97. The smallest absolute Gasteiger partial charge is 0.396 e. The number of amidine groups is 1. The van der Waals surface area contributed by atoms with Crippen LogP contribution in [0.1, 0.15) is 44.2 Å². The van der Waals surface area contributed by atoms with Crippen LogP contribution in [0.5, 0.6) is 0 Å². The molecule has 3 rings (SSSR count). The lowest BCUT2D eigenvalue weighted by Crippen LogP contribution is -2.50. The zero-order valence-corrected chi connectivity index (χ0v) is 22.6. The number of aliphatic hydroxyl groups is 1.